The minimum absolute atomic E-state index is 0.223. The molecule has 0 saturated carbocycles. The van der Waals surface area contributed by atoms with Gasteiger partial charge in [-0.05, 0) is 5.56 Å². The summed E-state index contributed by atoms with van der Waals surface area (Å²) in [6, 6.07) is 9.50. The summed E-state index contributed by atoms with van der Waals surface area (Å²) in [6.45, 7) is 0. The number of hydrogen-bond acceptors (Lipinski definition) is 3. The van der Waals surface area contributed by atoms with Gasteiger partial charge in [-0.1, -0.05) is 30.3 Å². The van der Waals surface area contributed by atoms with Crippen molar-refractivity contribution >= 4 is 17.7 Å². The SMILES string of the molecule is O=C1CS[C@@H](c2ccccc2)N1O. The minimum atomic E-state index is -0.228. The number of thioether (sulfide) groups is 1. The molecular weight excluding hydrogens is 186 g/mol. The molecule has 1 aliphatic rings. The van der Waals surface area contributed by atoms with Gasteiger partial charge in [0.1, 0.15) is 5.37 Å². The number of carbonyl (C=O) groups is 1. The predicted octanol–water partition coefficient (Wildman–Crippen LogP) is 1.65. The Morgan fingerprint density at radius 3 is 2.62 bits per heavy atom. The molecule has 0 spiro atoms. The lowest BCUT2D eigenvalue weighted by Gasteiger charge is -2.16. The summed E-state index contributed by atoms with van der Waals surface area (Å²) in [5.74, 6) is 0.134. The molecule has 1 heterocycles. The molecule has 1 saturated heterocycles. The smallest absolute Gasteiger partial charge is 0.257 e. The molecule has 4 heteroatoms. The van der Waals surface area contributed by atoms with Crippen LogP contribution in [0.5, 0.6) is 0 Å². The lowest BCUT2D eigenvalue weighted by atomic mass is 10.2. The monoisotopic (exact) mass is 195 g/mol. The van der Waals surface area contributed by atoms with Crippen molar-refractivity contribution in [3.63, 3.8) is 0 Å². The van der Waals surface area contributed by atoms with E-state index in [0.29, 0.717) is 5.75 Å². The highest BCUT2D eigenvalue weighted by Crippen LogP contribution is 2.36. The summed E-state index contributed by atoms with van der Waals surface area (Å²) in [5, 5.41) is 9.95. The summed E-state index contributed by atoms with van der Waals surface area (Å²) in [5.41, 5.74) is 0.959. The second-order valence-corrected chi connectivity index (χ2v) is 3.88. The highest BCUT2D eigenvalue weighted by atomic mass is 32.2. The van der Waals surface area contributed by atoms with E-state index in [1.165, 1.54) is 11.8 Å². The van der Waals surface area contributed by atoms with Crippen LogP contribution in [0.3, 0.4) is 0 Å². The van der Waals surface area contributed by atoms with Crippen molar-refractivity contribution in [2.24, 2.45) is 0 Å². The Kier molecular flexibility index (Phi) is 2.24. The second kappa shape index (κ2) is 3.40. The summed E-state index contributed by atoms with van der Waals surface area (Å²) >= 11 is 1.44. The molecule has 1 aromatic rings. The molecule has 1 atom stereocenters. The van der Waals surface area contributed by atoms with Gasteiger partial charge in [-0.3, -0.25) is 10.0 Å². The number of hydrogen-bond donors (Lipinski definition) is 1. The Balaban J connectivity index is 2.24. The van der Waals surface area contributed by atoms with E-state index < -0.39 is 0 Å². The first-order valence-corrected chi connectivity index (χ1v) is 5.01. The zero-order chi connectivity index (χ0) is 9.26. The third-order valence-electron chi connectivity index (χ3n) is 1.93. The zero-order valence-corrected chi connectivity index (χ0v) is 7.70. The highest BCUT2D eigenvalue weighted by molar-refractivity contribution is 8.00. The predicted molar refractivity (Wildman–Crippen MR) is 50.3 cm³/mol. The number of benzene rings is 1. The topological polar surface area (TPSA) is 40.5 Å². The molecule has 1 aliphatic heterocycles. The van der Waals surface area contributed by atoms with Gasteiger partial charge >= 0.3 is 0 Å². The van der Waals surface area contributed by atoms with Crippen LogP contribution in [0.2, 0.25) is 0 Å². The largest absolute Gasteiger partial charge is 0.284 e. The fraction of sp³-hybridized carbons (Fsp3) is 0.222. The quantitative estimate of drug-likeness (QED) is 0.693. The van der Waals surface area contributed by atoms with E-state index in [-0.39, 0.29) is 11.3 Å². The molecule has 68 valence electrons. The summed E-state index contributed by atoms with van der Waals surface area (Å²) < 4.78 is 0. The number of hydroxylamine groups is 2. The number of nitrogens with zero attached hydrogens (tertiary/aromatic N) is 1. The second-order valence-electron chi connectivity index (χ2n) is 2.81. The van der Waals surface area contributed by atoms with Crippen molar-refractivity contribution < 1.29 is 10.0 Å². The Morgan fingerprint density at radius 2 is 2.08 bits per heavy atom. The van der Waals surface area contributed by atoms with Gasteiger partial charge in [-0.25, -0.2) is 5.06 Å². The van der Waals surface area contributed by atoms with Crippen molar-refractivity contribution in [1.82, 2.24) is 5.06 Å². The Morgan fingerprint density at radius 1 is 1.38 bits per heavy atom. The average Bonchev–Trinajstić information content (AvgIpc) is 2.49. The van der Waals surface area contributed by atoms with E-state index in [4.69, 9.17) is 0 Å². The van der Waals surface area contributed by atoms with Crippen LogP contribution in [-0.4, -0.2) is 21.9 Å². The van der Waals surface area contributed by atoms with Crippen LogP contribution in [0.4, 0.5) is 0 Å². The third-order valence-corrected chi connectivity index (χ3v) is 3.13. The van der Waals surface area contributed by atoms with E-state index >= 15 is 0 Å². The highest BCUT2D eigenvalue weighted by Gasteiger charge is 2.31. The molecule has 0 aromatic heterocycles. The lowest BCUT2D eigenvalue weighted by molar-refractivity contribution is -0.162. The van der Waals surface area contributed by atoms with E-state index in [2.05, 4.69) is 0 Å². The molecule has 13 heavy (non-hydrogen) atoms. The molecular formula is C9H9NO2S. The Labute approximate surface area is 80.3 Å². The fourth-order valence-electron chi connectivity index (χ4n) is 1.27. The summed E-state index contributed by atoms with van der Waals surface area (Å²) in [6.07, 6.45) is 0. The van der Waals surface area contributed by atoms with Gasteiger partial charge in [-0.2, -0.15) is 0 Å². The van der Waals surface area contributed by atoms with Crippen molar-refractivity contribution in [1.29, 1.82) is 0 Å². The van der Waals surface area contributed by atoms with Gasteiger partial charge in [0.05, 0.1) is 5.75 Å². The van der Waals surface area contributed by atoms with Crippen LogP contribution in [0.25, 0.3) is 0 Å². The van der Waals surface area contributed by atoms with Crippen LogP contribution < -0.4 is 0 Å². The molecule has 0 aliphatic carbocycles. The van der Waals surface area contributed by atoms with E-state index in [1.807, 2.05) is 30.3 Å². The number of rotatable bonds is 1. The van der Waals surface area contributed by atoms with Gasteiger partial charge in [0.15, 0.2) is 0 Å². The molecule has 1 fully saturated rings. The Bertz CT molecular complexity index is 315. The van der Waals surface area contributed by atoms with Crippen molar-refractivity contribution in [2.75, 3.05) is 5.75 Å². The first-order valence-electron chi connectivity index (χ1n) is 3.96. The van der Waals surface area contributed by atoms with Crippen LogP contribution in [0.1, 0.15) is 10.9 Å². The van der Waals surface area contributed by atoms with Gasteiger partial charge in [0.25, 0.3) is 5.91 Å². The standard InChI is InChI=1S/C9H9NO2S/c11-8-6-13-9(10(8)12)7-4-2-1-3-5-7/h1-5,9,12H,6H2/t9-/m0/s1. The van der Waals surface area contributed by atoms with Crippen molar-refractivity contribution in [3.8, 4) is 0 Å². The van der Waals surface area contributed by atoms with Gasteiger partial charge in [-0.15, -0.1) is 11.8 Å². The van der Waals surface area contributed by atoms with Crippen LogP contribution in [0, 0.1) is 0 Å². The minimum Gasteiger partial charge on any atom is -0.284 e. The molecule has 0 radical (unpaired) electrons. The average molecular weight is 195 g/mol. The maximum Gasteiger partial charge on any atom is 0.257 e. The maximum absolute atomic E-state index is 11.0. The van der Waals surface area contributed by atoms with E-state index in [0.717, 1.165) is 10.6 Å². The first-order chi connectivity index (χ1) is 6.29. The number of carbonyl (C=O) groups excluding carboxylic acids is 1. The Hall–Kier alpha value is -1.00. The van der Waals surface area contributed by atoms with Gasteiger partial charge < -0.3 is 0 Å². The molecule has 2 rings (SSSR count). The molecule has 3 nitrogen and oxygen atoms in total. The fourth-order valence-corrected chi connectivity index (χ4v) is 2.31. The first kappa shape index (κ1) is 8.59. The van der Waals surface area contributed by atoms with Crippen LogP contribution >= 0.6 is 11.8 Å². The molecule has 1 N–H and O–H groups in total. The zero-order valence-electron chi connectivity index (χ0n) is 6.88. The van der Waals surface area contributed by atoms with Crippen molar-refractivity contribution in [3.05, 3.63) is 35.9 Å². The van der Waals surface area contributed by atoms with E-state index in [9.17, 15) is 10.0 Å². The van der Waals surface area contributed by atoms with Crippen molar-refractivity contribution in [2.45, 2.75) is 5.37 Å². The van der Waals surface area contributed by atoms with E-state index in [1.54, 1.807) is 0 Å². The van der Waals surface area contributed by atoms with Gasteiger partial charge in [0, 0.05) is 0 Å². The van der Waals surface area contributed by atoms with Crippen LogP contribution in [0.15, 0.2) is 30.3 Å². The third kappa shape index (κ3) is 1.55. The molecule has 0 bridgehead atoms. The summed E-state index contributed by atoms with van der Waals surface area (Å²) in [7, 11) is 0. The number of amides is 1. The maximum atomic E-state index is 11.0. The lowest BCUT2D eigenvalue weighted by Crippen LogP contribution is -2.23. The molecule has 1 amide bonds. The molecule has 1 aromatic carbocycles. The normalized spacial score (nSPS) is 22.4. The molecule has 0 unspecified atom stereocenters. The van der Waals surface area contributed by atoms with Gasteiger partial charge in [0.2, 0.25) is 0 Å². The van der Waals surface area contributed by atoms with Crippen LogP contribution in [-0.2, 0) is 4.79 Å². The summed E-state index contributed by atoms with van der Waals surface area (Å²) in [4.78, 5) is 11.0.